The molecule has 3 heteroatoms. The Bertz CT molecular complexity index is 456. The lowest BCUT2D eigenvalue weighted by Gasteiger charge is -2.17. The summed E-state index contributed by atoms with van der Waals surface area (Å²) in [6, 6.07) is 6.24. The van der Waals surface area contributed by atoms with Crippen molar-refractivity contribution in [2.45, 2.75) is 46.9 Å². The lowest BCUT2D eigenvalue weighted by molar-refractivity contribution is -0.118. The molecule has 0 amide bonds. The van der Waals surface area contributed by atoms with Crippen LogP contribution < -0.4 is 11.2 Å². The number of aryl methyl sites for hydroxylation is 1. The van der Waals surface area contributed by atoms with Crippen LogP contribution in [-0.2, 0) is 4.79 Å². The van der Waals surface area contributed by atoms with Crippen LogP contribution in [0.4, 0.5) is 0 Å². The average Bonchev–Trinajstić information content (AvgIpc) is 2.38. The highest BCUT2D eigenvalue weighted by molar-refractivity contribution is 6.54. The summed E-state index contributed by atoms with van der Waals surface area (Å²) >= 11 is 0. The first kappa shape index (κ1) is 17.0. The van der Waals surface area contributed by atoms with E-state index in [1.807, 2.05) is 6.07 Å². The van der Waals surface area contributed by atoms with E-state index in [0.717, 1.165) is 11.9 Å². The zero-order valence-corrected chi connectivity index (χ0v) is 13.4. The number of Topliss-reactive ketones (excluding diaryl/α,β-unsaturated/α-hetero) is 1. The van der Waals surface area contributed by atoms with Crippen molar-refractivity contribution in [3.63, 3.8) is 0 Å². The molecule has 1 aromatic carbocycles. The number of hydrogen-bond acceptors (Lipinski definition) is 2. The Balaban J connectivity index is 2.89. The number of carbonyl (C=O) groups excluding carboxylic acids is 1. The fourth-order valence-electron chi connectivity index (χ4n) is 2.22. The fraction of sp³-hybridized carbons (Fsp3) is 0.588. The standard InChI is InChI=1S/C17H27BNO/c1-11(2)13(4)9-18-17-8-15(7-6-12(17)3)16(10-19)14(5)20/h6-8,11,13,16H,9-10,19H2,1-5H3. The van der Waals surface area contributed by atoms with Gasteiger partial charge in [0, 0.05) is 6.54 Å². The fourth-order valence-corrected chi connectivity index (χ4v) is 2.22. The first-order valence-electron chi connectivity index (χ1n) is 7.51. The van der Waals surface area contributed by atoms with E-state index >= 15 is 0 Å². The molecule has 0 saturated carbocycles. The molecule has 1 radical (unpaired) electrons. The molecule has 2 nitrogen and oxygen atoms in total. The number of hydrogen-bond donors (Lipinski definition) is 1. The average molecular weight is 272 g/mol. The van der Waals surface area contributed by atoms with Gasteiger partial charge >= 0.3 is 0 Å². The lowest BCUT2D eigenvalue weighted by Crippen LogP contribution is -2.25. The van der Waals surface area contributed by atoms with E-state index in [4.69, 9.17) is 5.73 Å². The Hall–Kier alpha value is -1.09. The third-order valence-corrected chi connectivity index (χ3v) is 4.28. The molecule has 1 aromatic rings. The van der Waals surface area contributed by atoms with E-state index in [2.05, 4.69) is 47.1 Å². The highest BCUT2D eigenvalue weighted by Crippen LogP contribution is 2.17. The van der Waals surface area contributed by atoms with Crippen molar-refractivity contribution in [2.75, 3.05) is 6.54 Å². The van der Waals surface area contributed by atoms with Crippen LogP contribution in [0.1, 0.15) is 44.7 Å². The number of nitrogens with two attached hydrogens (primary N) is 1. The monoisotopic (exact) mass is 272 g/mol. The van der Waals surface area contributed by atoms with Gasteiger partial charge in [0.2, 0.25) is 0 Å². The Morgan fingerprint density at radius 3 is 2.45 bits per heavy atom. The van der Waals surface area contributed by atoms with Gasteiger partial charge in [-0.15, -0.1) is 0 Å². The molecule has 0 bridgehead atoms. The van der Waals surface area contributed by atoms with Crippen LogP contribution in [0.2, 0.25) is 6.32 Å². The smallest absolute Gasteiger partial charge is 0.152 e. The molecule has 2 N–H and O–H groups in total. The predicted molar refractivity (Wildman–Crippen MR) is 87.9 cm³/mol. The van der Waals surface area contributed by atoms with Crippen molar-refractivity contribution >= 4 is 18.5 Å². The molecule has 109 valence electrons. The van der Waals surface area contributed by atoms with Crippen molar-refractivity contribution in [1.29, 1.82) is 0 Å². The SMILES string of the molecule is CC(=O)C(CN)c1ccc(C)c([B]CC(C)C(C)C)c1. The van der Waals surface area contributed by atoms with E-state index in [-0.39, 0.29) is 11.7 Å². The minimum Gasteiger partial charge on any atom is -0.329 e. The maximum Gasteiger partial charge on any atom is 0.152 e. The van der Waals surface area contributed by atoms with Gasteiger partial charge < -0.3 is 5.73 Å². The van der Waals surface area contributed by atoms with E-state index in [0.29, 0.717) is 18.4 Å². The maximum absolute atomic E-state index is 11.6. The molecule has 0 aliphatic carbocycles. The summed E-state index contributed by atoms with van der Waals surface area (Å²) in [6.07, 6.45) is 1.06. The molecule has 0 aliphatic heterocycles. The highest BCUT2D eigenvalue weighted by atomic mass is 16.1. The minimum absolute atomic E-state index is 0.137. The minimum atomic E-state index is -0.176. The quantitative estimate of drug-likeness (QED) is 0.775. The molecular formula is C17H27BNO. The molecule has 2 atom stereocenters. The van der Waals surface area contributed by atoms with Crippen LogP contribution in [-0.4, -0.2) is 19.6 Å². The number of rotatable bonds is 7. The second-order valence-corrected chi connectivity index (χ2v) is 6.18. The van der Waals surface area contributed by atoms with Crippen LogP contribution in [0.3, 0.4) is 0 Å². The molecule has 20 heavy (non-hydrogen) atoms. The number of benzene rings is 1. The van der Waals surface area contributed by atoms with E-state index in [1.165, 1.54) is 11.0 Å². The van der Waals surface area contributed by atoms with Crippen LogP contribution in [0.25, 0.3) is 0 Å². The molecule has 0 aromatic heterocycles. The van der Waals surface area contributed by atoms with Gasteiger partial charge in [0.05, 0.1) is 5.92 Å². The molecule has 1 rings (SSSR count). The van der Waals surface area contributed by atoms with E-state index in [1.54, 1.807) is 6.92 Å². The first-order valence-corrected chi connectivity index (χ1v) is 7.51. The third-order valence-electron chi connectivity index (χ3n) is 4.28. The highest BCUT2D eigenvalue weighted by Gasteiger charge is 2.16. The van der Waals surface area contributed by atoms with Crippen molar-refractivity contribution in [3.8, 4) is 0 Å². The second kappa shape index (κ2) is 7.63. The summed E-state index contributed by atoms with van der Waals surface area (Å²) < 4.78 is 0. The van der Waals surface area contributed by atoms with Crippen molar-refractivity contribution in [1.82, 2.24) is 0 Å². The van der Waals surface area contributed by atoms with Gasteiger partial charge in [0.15, 0.2) is 7.28 Å². The molecule has 0 aliphatic rings. The number of ketones is 1. The summed E-state index contributed by atoms with van der Waals surface area (Å²) in [4.78, 5) is 11.6. The molecule has 0 saturated heterocycles. The molecule has 0 heterocycles. The Kier molecular flexibility index (Phi) is 6.48. The Labute approximate surface area is 124 Å². The largest absolute Gasteiger partial charge is 0.329 e. The maximum atomic E-state index is 11.6. The van der Waals surface area contributed by atoms with Gasteiger partial charge in [-0.2, -0.15) is 0 Å². The van der Waals surface area contributed by atoms with Gasteiger partial charge in [-0.25, -0.2) is 0 Å². The van der Waals surface area contributed by atoms with Crippen LogP contribution in [0, 0.1) is 18.8 Å². The lowest BCUT2D eigenvalue weighted by atomic mass is 9.60. The van der Waals surface area contributed by atoms with E-state index in [9.17, 15) is 4.79 Å². The first-order chi connectivity index (χ1) is 9.36. The second-order valence-electron chi connectivity index (χ2n) is 6.18. The van der Waals surface area contributed by atoms with E-state index < -0.39 is 0 Å². The van der Waals surface area contributed by atoms with Gasteiger partial charge in [-0.05, 0) is 31.2 Å². The number of carbonyl (C=O) groups is 1. The van der Waals surface area contributed by atoms with Gasteiger partial charge in [-0.3, -0.25) is 4.79 Å². The zero-order chi connectivity index (χ0) is 15.3. The zero-order valence-electron chi connectivity index (χ0n) is 13.4. The summed E-state index contributed by atoms with van der Waals surface area (Å²) in [5.41, 5.74) is 9.25. The van der Waals surface area contributed by atoms with Crippen LogP contribution in [0.15, 0.2) is 18.2 Å². The van der Waals surface area contributed by atoms with Crippen molar-refractivity contribution < 1.29 is 4.79 Å². The van der Waals surface area contributed by atoms with Crippen LogP contribution in [0.5, 0.6) is 0 Å². The Morgan fingerprint density at radius 1 is 1.30 bits per heavy atom. The normalized spacial score (nSPS) is 14.2. The van der Waals surface area contributed by atoms with Crippen molar-refractivity contribution in [2.24, 2.45) is 17.6 Å². The predicted octanol–water partition coefficient (Wildman–Crippen LogP) is 2.67. The van der Waals surface area contributed by atoms with Gasteiger partial charge in [-0.1, -0.05) is 56.3 Å². The molecule has 2 unspecified atom stereocenters. The Morgan fingerprint density at radius 2 is 1.95 bits per heavy atom. The van der Waals surface area contributed by atoms with Gasteiger partial charge in [0.1, 0.15) is 5.78 Å². The molecule has 0 fully saturated rings. The van der Waals surface area contributed by atoms with Crippen LogP contribution >= 0.6 is 0 Å². The summed E-state index contributed by atoms with van der Waals surface area (Å²) in [6.45, 7) is 10.9. The summed E-state index contributed by atoms with van der Waals surface area (Å²) in [7, 11) is 2.29. The summed E-state index contributed by atoms with van der Waals surface area (Å²) in [5, 5.41) is 0. The topological polar surface area (TPSA) is 43.1 Å². The van der Waals surface area contributed by atoms with Crippen molar-refractivity contribution in [3.05, 3.63) is 29.3 Å². The molecule has 0 spiro atoms. The summed E-state index contributed by atoms with van der Waals surface area (Å²) in [5.74, 6) is 1.31. The molecular weight excluding hydrogens is 245 g/mol. The third kappa shape index (κ3) is 4.48. The van der Waals surface area contributed by atoms with Gasteiger partial charge in [0.25, 0.3) is 0 Å².